The summed E-state index contributed by atoms with van der Waals surface area (Å²) in [6.45, 7) is 2.27. The van der Waals surface area contributed by atoms with Crippen molar-refractivity contribution in [2.24, 2.45) is 5.73 Å². The number of aryl methyl sites for hydroxylation is 1. The molecule has 0 saturated carbocycles. The summed E-state index contributed by atoms with van der Waals surface area (Å²) < 4.78 is 5.52. The molecule has 82 valence electrons. The van der Waals surface area contributed by atoms with Crippen LogP contribution in [0.15, 0.2) is 36.4 Å². The van der Waals surface area contributed by atoms with Crippen molar-refractivity contribution in [1.29, 1.82) is 0 Å². The maximum absolute atomic E-state index is 5.54. The third-order valence-electron chi connectivity index (χ3n) is 2.05. The molecule has 0 amide bonds. The highest BCUT2D eigenvalue weighted by atomic mass is 16.5. The molecule has 0 aliphatic carbocycles. The zero-order chi connectivity index (χ0) is 11.4. The molecule has 0 bridgehead atoms. The Labute approximate surface area is 94.1 Å². The van der Waals surface area contributed by atoms with Gasteiger partial charge in [-0.3, -0.25) is 0 Å². The van der Waals surface area contributed by atoms with Crippen molar-refractivity contribution in [2.75, 3.05) is 0 Å². The van der Waals surface area contributed by atoms with Crippen molar-refractivity contribution >= 4 is 0 Å². The third-order valence-corrected chi connectivity index (χ3v) is 2.05. The number of nitrogens with zero attached hydrogens (tertiary/aromatic N) is 2. The molecule has 2 N–H and O–H groups in total. The van der Waals surface area contributed by atoms with Gasteiger partial charge in [0.1, 0.15) is 5.75 Å². The summed E-state index contributed by atoms with van der Waals surface area (Å²) >= 11 is 0. The Morgan fingerprint density at radius 2 is 1.94 bits per heavy atom. The molecule has 2 rings (SSSR count). The predicted molar refractivity (Wildman–Crippen MR) is 61.2 cm³/mol. The molecule has 0 fully saturated rings. The zero-order valence-corrected chi connectivity index (χ0v) is 9.05. The van der Waals surface area contributed by atoms with Crippen molar-refractivity contribution in [3.63, 3.8) is 0 Å². The van der Waals surface area contributed by atoms with Crippen LogP contribution in [-0.4, -0.2) is 9.97 Å². The van der Waals surface area contributed by atoms with E-state index in [2.05, 4.69) is 9.97 Å². The maximum atomic E-state index is 5.54. The fraction of sp³-hybridized carbons (Fsp3) is 0.167. The molecule has 1 aromatic heterocycles. The van der Waals surface area contributed by atoms with E-state index in [1.165, 1.54) is 0 Å². The van der Waals surface area contributed by atoms with Crippen LogP contribution in [0.2, 0.25) is 0 Å². The van der Waals surface area contributed by atoms with E-state index in [4.69, 9.17) is 10.5 Å². The Morgan fingerprint density at radius 3 is 2.62 bits per heavy atom. The van der Waals surface area contributed by atoms with Gasteiger partial charge in [0.05, 0.1) is 5.69 Å². The van der Waals surface area contributed by atoms with E-state index in [0.717, 1.165) is 17.1 Å². The number of para-hydroxylation sites is 1. The molecule has 0 saturated heterocycles. The van der Waals surface area contributed by atoms with Crippen LogP contribution < -0.4 is 10.5 Å². The van der Waals surface area contributed by atoms with Crippen LogP contribution in [0.1, 0.15) is 11.4 Å². The number of benzene rings is 1. The van der Waals surface area contributed by atoms with Gasteiger partial charge in [0, 0.05) is 12.2 Å². The second-order valence-corrected chi connectivity index (χ2v) is 3.40. The fourth-order valence-electron chi connectivity index (χ4n) is 1.35. The van der Waals surface area contributed by atoms with Crippen LogP contribution in [0, 0.1) is 6.92 Å². The Kier molecular flexibility index (Phi) is 3.12. The van der Waals surface area contributed by atoms with E-state index >= 15 is 0 Å². The summed E-state index contributed by atoms with van der Waals surface area (Å²) in [4.78, 5) is 8.38. The molecule has 1 heterocycles. The first-order valence-electron chi connectivity index (χ1n) is 5.05. The number of rotatable bonds is 3. The largest absolute Gasteiger partial charge is 0.424 e. The average molecular weight is 215 g/mol. The van der Waals surface area contributed by atoms with Gasteiger partial charge in [-0.1, -0.05) is 18.2 Å². The lowest BCUT2D eigenvalue weighted by atomic mass is 10.3. The summed E-state index contributed by atoms with van der Waals surface area (Å²) in [7, 11) is 0. The van der Waals surface area contributed by atoms with Crippen LogP contribution in [0.3, 0.4) is 0 Å². The SMILES string of the molecule is Cc1cc(CN)nc(Oc2ccccc2)n1. The number of nitrogens with two attached hydrogens (primary N) is 1. The number of ether oxygens (including phenoxy) is 1. The lowest BCUT2D eigenvalue weighted by molar-refractivity contribution is 0.438. The van der Waals surface area contributed by atoms with Gasteiger partial charge < -0.3 is 10.5 Å². The fourth-order valence-corrected chi connectivity index (χ4v) is 1.35. The summed E-state index contributed by atoms with van der Waals surface area (Å²) in [5.74, 6) is 0.719. The summed E-state index contributed by atoms with van der Waals surface area (Å²) in [5.41, 5.74) is 7.16. The monoisotopic (exact) mass is 215 g/mol. The van der Waals surface area contributed by atoms with Gasteiger partial charge in [0.15, 0.2) is 0 Å². The zero-order valence-electron chi connectivity index (χ0n) is 9.05. The Bertz CT molecular complexity index is 471. The maximum Gasteiger partial charge on any atom is 0.322 e. The molecule has 0 atom stereocenters. The minimum Gasteiger partial charge on any atom is -0.424 e. The molecule has 0 aliphatic rings. The van der Waals surface area contributed by atoms with Crippen molar-refractivity contribution < 1.29 is 4.74 Å². The second kappa shape index (κ2) is 4.72. The van der Waals surface area contributed by atoms with E-state index in [9.17, 15) is 0 Å². The van der Waals surface area contributed by atoms with E-state index < -0.39 is 0 Å². The van der Waals surface area contributed by atoms with Gasteiger partial charge in [-0.25, -0.2) is 4.98 Å². The highest BCUT2D eigenvalue weighted by Crippen LogP contribution is 2.17. The number of aromatic nitrogens is 2. The summed E-state index contributed by atoms with van der Waals surface area (Å²) in [6, 6.07) is 11.6. The molecule has 4 heteroatoms. The van der Waals surface area contributed by atoms with Crippen LogP contribution in [0.5, 0.6) is 11.8 Å². The minimum absolute atomic E-state index is 0.339. The molecule has 0 aliphatic heterocycles. The van der Waals surface area contributed by atoms with Crippen molar-refractivity contribution in [2.45, 2.75) is 13.5 Å². The van der Waals surface area contributed by atoms with E-state index in [1.54, 1.807) is 0 Å². The van der Waals surface area contributed by atoms with Crippen LogP contribution in [-0.2, 0) is 6.54 Å². The molecular formula is C12H13N3O. The first kappa shape index (κ1) is 10.6. The van der Waals surface area contributed by atoms with Gasteiger partial charge in [-0.15, -0.1) is 0 Å². The molecule has 0 spiro atoms. The molecule has 2 aromatic rings. The Morgan fingerprint density at radius 1 is 1.19 bits per heavy atom. The molecule has 0 radical (unpaired) electrons. The average Bonchev–Trinajstić information content (AvgIpc) is 2.29. The molecular weight excluding hydrogens is 202 g/mol. The lowest BCUT2D eigenvalue weighted by Crippen LogP contribution is -2.03. The Hall–Kier alpha value is -1.94. The molecule has 4 nitrogen and oxygen atoms in total. The van der Waals surface area contributed by atoms with E-state index in [0.29, 0.717) is 12.6 Å². The second-order valence-electron chi connectivity index (χ2n) is 3.40. The van der Waals surface area contributed by atoms with E-state index in [-0.39, 0.29) is 0 Å². The smallest absolute Gasteiger partial charge is 0.322 e. The third kappa shape index (κ3) is 2.55. The van der Waals surface area contributed by atoms with E-state index in [1.807, 2.05) is 43.3 Å². The first-order valence-corrected chi connectivity index (χ1v) is 5.05. The van der Waals surface area contributed by atoms with Crippen molar-refractivity contribution in [1.82, 2.24) is 9.97 Å². The minimum atomic E-state index is 0.339. The summed E-state index contributed by atoms with van der Waals surface area (Å²) in [5, 5.41) is 0. The van der Waals surface area contributed by atoms with Crippen LogP contribution >= 0.6 is 0 Å². The first-order chi connectivity index (χ1) is 7.78. The highest BCUT2D eigenvalue weighted by Gasteiger charge is 2.03. The molecule has 0 unspecified atom stereocenters. The normalized spacial score (nSPS) is 10.1. The van der Waals surface area contributed by atoms with Crippen LogP contribution in [0.25, 0.3) is 0 Å². The molecule has 16 heavy (non-hydrogen) atoms. The number of hydrogen-bond donors (Lipinski definition) is 1. The number of hydrogen-bond acceptors (Lipinski definition) is 4. The quantitative estimate of drug-likeness (QED) is 0.851. The lowest BCUT2D eigenvalue weighted by Gasteiger charge is -2.05. The predicted octanol–water partition coefficient (Wildman–Crippen LogP) is 2.04. The van der Waals surface area contributed by atoms with Crippen molar-refractivity contribution in [3.8, 4) is 11.8 Å². The van der Waals surface area contributed by atoms with Gasteiger partial charge in [-0.05, 0) is 25.1 Å². The van der Waals surface area contributed by atoms with Gasteiger partial charge in [0.25, 0.3) is 0 Å². The van der Waals surface area contributed by atoms with Gasteiger partial charge >= 0.3 is 6.01 Å². The van der Waals surface area contributed by atoms with Gasteiger partial charge in [-0.2, -0.15) is 4.98 Å². The van der Waals surface area contributed by atoms with Crippen molar-refractivity contribution in [3.05, 3.63) is 47.8 Å². The molecule has 1 aromatic carbocycles. The highest BCUT2D eigenvalue weighted by molar-refractivity contribution is 5.25. The summed E-state index contributed by atoms with van der Waals surface area (Å²) in [6.07, 6.45) is 0. The topological polar surface area (TPSA) is 61.0 Å². The Balaban J connectivity index is 2.24. The van der Waals surface area contributed by atoms with Crippen LogP contribution in [0.4, 0.5) is 0 Å². The van der Waals surface area contributed by atoms with Gasteiger partial charge in [0.2, 0.25) is 0 Å². The standard InChI is InChI=1S/C12H13N3O/c1-9-7-10(8-13)15-12(14-9)16-11-5-3-2-4-6-11/h2-7H,8,13H2,1H3.